The highest BCUT2D eigenvalue weighted by atomic mass is 32.2. The van der Waals surface area contributed by atoms with E-state index in [-0.39, 0.29) is 56.0 Å². The van der Waals surface area contributed by atoms with Crippen molar-refractivity contribution < 1.29 is 100 Å². The summed E-state index contributed by atoms with van der Waals surface area (Å²) >= 11 is 8.75. The minimum atomic E-state index is -1.62. The molecule has 56 heavy (non-hydrogen) atoms. The summed E-state index contributed by atoms with van der Waals surface area (Å²) in [6.07, 6.45) is -8.41. The normalized spacial score (nSPS) is 18.9. The van der Waals surface area contributed by atoms with Crippen LogP contribution in [0.2, 0.25) is 0 Å². The number of hydrogen-bond acceptors (Lipinski definition) is 21. The van der Waals surface area contributed by atoms with Gasteiger partial charge in [-0.2, -0.15) is 25.3 Å². The van der Waals surface area contributed by atoms with Gasteiger partial charge in [0.2, 0.25) is 5.91 Å². The number of thioether (sulfide) groups is 1. The molecule has 0 spiro atoms. The van der Waals surface area contributed by atoms with Crippen LogP contribution >= 0.6 is 37.0 Å². The third-order valence-electron chi connectivity index (χ3n) is 6.46. The number of carboxylic acids is 4. The van der Waals surface area contributed by atoms with Crippen molar-refractivity contribution in [1.82, 2.24) is 16.0 Å². The maximum Gasteiger partial charge on any atom is 0.394 e. The van der Waals surface area contributed by atoms with Crippen LogP contribution in [-0.2, 0) is 33.6 Å². The summed E-state index contributed by atoms with van der Waals surface area (Å²) < 4.78 is 0. The Morgan fingerprint density at radius 1 is 0.821 bits per heavy atom. The van der Waals surface area contributed by atoms with Crippen LogP contribution in [0.1, 0.15) is 26.7 Å². The van der Waals surface area contributed by atoms with Crippen LogP contribution in [0.4, 0.5) is 0 Å². The lowest BCUT2D eigenvalue weighted by atomic mass is 10.1. The monoisotopic (exact) mass is 879 g/mol. The Morgan fingerprint density at radius 2 is 1.32 bits per heavy atom. The first-order chi connectivity index (χ1) is 25.1. The van der Waals surface area contributed by atoms with E-state index in [4.69, 9.17) is 62.5 Å². The molecule has 0 radical (unpaired) electrons. The number of nitrogens with one attached hydrogen (secondary N) is 3. The Labute approximate surface area is 336 Å². The highest BCUT2D eigenvalue weighted by Crippen LogP contribution is 2.24. The lowest BCUT2D eigenvalue weighted by molar-refractivity contribution is -0.150. The van der Waals surface area contributed by atoms with E-state index in [1.807, 2.05) is 0 Å². The predicted molar refractivity (Wildman–Crippen MR) is 203 cm³/mol. The van der Waals surface area contributed by atoms with Gasteiger partial charge in [0, 0.05) is 36.6 Å². The summed E-state index contributed by atoms with van der Waals surface area (Å²) in [6.45, 7) is -1.40. The Balaban J connectivity index is -0.000000216. The van der Waals surface area contributed by atoms with Crippen molar-refractivity contribution in [3.05, 3.63) is 0 Å². The van der Waals surface area contributed by atoms with E-state index in [2.05, 4.69) is 41.2 Å². The van der Waals surface area contributed by atoms with E-state index in [1.54, 1.807) is 0 Å². The molecule has 0 bridgehead atoms. The number of carboxylic acid groups (broad SMARTS) is 4. The zero-order valence-electron chi connectivity index (χ0n) is 29.0. The average Bonchev–Trinajstić information content (AvgIpc) is 3.65. The maximum atomic E-state index is 11.5. The van der Waals surface area contributed by atoms with Crippen LogP contribution in [0.5, 0.6) is 0 Å². The molecular formula is C28H57N5O20S3. The van der Waals surface area contributed by atoms with E-state index in [0.29, 0.717) is 6.29 Å². The number of carbonyl (C=O) groups is 7. The predicted octanol–water partition coefficient (Wildman–Crippen LogP) is -8.24. The van der Waals surface area contributed by atoms with Gasteiger partial charge in [-0.25, -0.2) is 4.79 Å². The van der Waals surface area contributed by atoms with Gasteiger partial charge >= 0.3 is 29.8 Å². The van der Waals surface area contributed by atoms with Gasteiger partial charge in [-0.05, 0) is 6.42 Å². The third kappa shape index (κ3) is 28.5. The molecule has 1 aliphatic rings. The minimum absolute atomic E-state index is 0. The lowest BCUT2D eigenvalue weighted by Gasteiger charge is -2.25. The number of aldehydes is 1. The highest BCUT2D eigenvalue weighted by molar-refractivity contribution is 8.00. The second-order valence-corrected chi connectivity index (χ2v) is 12.7. The molecule has 2 amide bonds. The molecule has 1 fully saturated rings. The number of aliphatic carboxylic acids is 4. The number of aliphatic hydroxyl groups excluding tert-OH is 8. The van der Waals surface area contributed by atoms with Crippen LogP contribution in [0.3, 0.4) is 0 Å². The first-order valence-electron chi connectivity index (χ1n) is 15.4. The van der Waals surface area contributed by atoms with Crippen LogP contribution < -0.4 is 27.4 Å². The minimum Gasteiger partial charge on any atom is -0.480 e. The maximum absolute atomic E-state index is 11.5. The van der Waals surface area contributed by atoms with Gasteiger partial charge in [0.25, 0.3) is 0 Å². The number of hydrogen-bond donors (Lipinski definition) is 19. The molecule has 25 nitrogen and oxygen atoms in total. The van der Waals surface area contributed by atoms with E-state index in [9.17, 15) is 43.8 Å². The lowest BCUT2D eigenvalue weighted by Crippen LogP contribution is -2.50. The zero-order valence-corrected chi connectivity index (χ0v) is 31.6. The number of carbonyl (C=O) groups excluding carboxylic acids is 3. The molecular weight excluding hydrogens is 823 g/mol. The van der Waals surface area contributed by atoms with Gasteiger partial charge < -0.3 is 93.6 Å². The molecule has 1 heterocycles. The van der Waals surface area contributed by atoms with Gasteiger partial charge in [-0.1, -0.05) is 7.43 Å². The topological polar surface area (TPSA) is 482 Å². The Bertz CT molecular complexity index is 1150. The first kappa shape index (κ1) is 62.3. The summed E-state index contributed by atoms with van der Waals surface area (Å²) in [5.41, 5.74) is 10.2. The fourth-order valence-electron chi connectivity index (χ4n) is 3.19. The second-order valence-electron chi connectivity index (χ2n) is 10.8. The first-order valence-corrected chi connectivity index (χ1v) is 17.7. The summed E-state index contributed by atoms with van der Waals surface area (Å²) in [5.74, 6) is -5.84. The van der Waals surface area contributed by atoms with Crippen molar-refractivity contribution in [2.24, 2.45) is 11.5 Å². The smallest absolute Gasteiger partial charge is 0.394 e. The van der Waals surface area contributed by atoms with Crippen LogP contribution in [0.25, 0.3) is 0 Å². The molecule has 332 valence electrons. The number of amides is 2. The summed E-state index contributed by atoms with van der Waals surface area (Å²) in [7, 11) is 0. The van der Waals surface area contributed by atoms with Crippen LogP contribution in [-0.4, -0.2) is 212 Å². The van der Waals surface area contributed by atoms with E-state index >= 15 is 0 Å². The Kier molecular flexibility index (Phi) is 39.2. The van der Waals surface area contributed by atoms with Gasteiger partial charge in [0.1, 0.15) is 54.9 Å². The Morgan fingerprint density at radius 3 is 1.68 bits per heavy atom. The molecule has 8 unspecified atom stereocenters. The SMILES string of the molecule is C.NC(CCC(=O)NC(CS)CNC(=O)C(=O)O)C(=O)O.N[C@@H](CS)C(=O)O.O.O=C(O)[C@@H]1CS[C@H](C(O)C(O)C(O)CO)N1.O=CCC(O)C(O)C(O)CO. The number of nitrogens with two attached hydrogens (primary N) is 2. The average molecular weight is 880 g/mol. The van der Waals surface area contributed by atoms with Crippen LogP contribution in [0, 0.1) is 0 Å². The summed E-state index contributed by atoms with van der Waals surface area (Å²) in [6, 6.07) is -3.27. The molecule has 1 rings (SSSR count). The molecule has 1 aliphatic heterocycles. The third-order valence-corrected chi connectivity index (χ3v) is 8.60. The molecule has 1 saturated heterocycles. The highest BCUT2D eigenvalue weighted by Gasteiger charge is 2.38. The largest absolute Gasteiger partial charge is 0.480 e. The fourth-order valence-corrected chi connectivity index (χ4v) is 4.83. The molecule has 0 aromatic carbocycles. The van der Waals surface area contributed by atoms with Gasteiger partial charge in [0.15, 0.2) is 0 Å². The van der Waals surface area contributed by atoms with Gasteiger partial charge in [0.05, 0.1) is 30.7 Å². The van der Waals surface area contributed by atoms with Crippen molar-refractivity contribution in [2.45, 2.75) is 92.9 Å². The summed E-state index contributed by atoms with van der Waals surface area (Å²) in [5, 5.41) is 112. The summed E-state index contributed by atoms with van der Waals surface area (Å²) in [4.78, 5) is 73.2. The van der Waals surface area contributed by atoms with Gasteiger partial charge in [-0.3, -0.25) is 29.3 Å². The molecule has 0 aromatic heterocycles. The van der Waals surface area contributed by atoms with E-state index in [1.165, 1.54) is 0 Å². The van der Waals surface area contributed by atoms with Crippen molar-refractivity contribution in [1.29, 1.82) is 0 Å². The van der Waals surface area contributed by atoms with Crippen molar-refractivity contribution in [3.8, 4) is 0 Å². The van der Waals surface area contributed by atoms with Crippen molar-refractivity contribution in [2.75, 3.05) is 37.0 Å². The van der Waals surface area contributed by atoms with E-state index < -0.39 is 115 Å². The zero-order chi connectivity index (χ0) is 42.7. The van der Waals surface area contributed by atoms with Crippen molar-refractivity contribution >= 4 is 79.0 Å². The fraction of sp³-hybridized carbons (Fsp3) is 0.750. The quantitative estimate of drug-likeness (QED) is 0.0307. The molecule has 28 heteroatoms. The van der Waals surface area contributed by atoms with Crippen molar-refractivity contribution in [3.63, 3.8) is 0 Å². The molecule has 11 atom stereocenters. The standard InChI is InChI=1S/C10H17N3O6S.C8H15NO6S.C6H12O5.C3H7NO2S.CH4.H2O/c11-6(9(16)17)1-2-7(14)13-5(4-20)3-12-8(15)10(18)19;10-1-4(11)5(12)6(13)7-9-3(2-16-7)8(14)15;7-2-1-4(9)6(11)5(10)3-8;4-2(1-7)3(5)6;;/h5-6,20H,1-4,11H2,(H,12,15)(H,13,14)(H,16,17)(H,18,19);3-7,9-13H,1-2H2,(H,14,15);2,4-6,8-11H,1,3H2;2,7H,1,4H2,(H,5,6);1H4;1H2/t;3-,4?,5?,6?,7+;;2-;;/m.0.0../s1. The number of rotatable bonds is 20. The number of aliphatic hydroxyl groups is 8. The molecule has 0 saturated carbocycles. The Hall–Kier alpha value is -2.94. The van der Waals surface area contributed by atoms with Crippen LogP contribution in [0.15, 0.2) is 0 Å². The molecule has 0 aliphatic carbocycles. The number of thiol groups is 2. The van der Waals surface area contributed by atoms with E-state index in [0.717, 1.165) is 11.8 Å². The second kappa shape index (κ2) is 35.2. The molecule has 0 aromatic rings. The van der Waals surface area contributed by atoms with Gasteiger partial charge in [-0.15, -0.1) is 11.8 Å². The molecule has 21 N–H and O–H groups in total.